The zero-order valence-corrected chi connectivity index (χ0v) is 7.58. The number of aliphatic carboxylic acids is 1. The molecule has 0 bridgehead atoms. The van der Waals surface area contributed by atoms with E-state index in [0.717, 1.165) is 20.8 Å². The van der Waals surface area contributed by atoms with Crippen molar-refractivity contribution >= 4 is 23.3 Å². The predicted octanol–water partition coefficient (Wildman–Crippen LogP) is -0.176. The Hall–Kier alpha value is -1.52. The van der Waals surface area contributed by atoms with Crippen LogP contribution in [0.25, 0.3) is 0 Å². The zero-order valence-electron chi connectivity index (χ0n) is 7.58. The van der Waals surface area contributed by atoms with Gasteiger partial charge in [0.2, 0.25) is 5.41 Å². The Morgan fingerprint density at radius 2 is 1.08 bits per heavy atom. The van der Waals surface area contributed by atoms with Crippen LogP contribution in [0.1, 0.15) is 20.8 Å². The molecular weight excluding hydrogens is 176 g/mol. The molecule has 0 heterocycles. The summed E-state index contributed by atoms with van der Waals surface area (Å²) in [5.74, 6) is -4.58. The molecule has 0 aromatic carbocycles. The third-order valence-electron chi connectivity index (χ3n) is 1.91. The van der Waals surface area contributed by atoms with Gasteiger partial charge in [0.05, 0.1) is 0 Å². The number of Topliss-reactive ketones (excluding diaryl/α,β-unsaturated/α-hetero) is 3. The molecule has 0 saturated heterocycles. The van der Waals surface area contributed by atoms with Gasteiger partial charge in [0.15, 0.2) is 17.3 Å². The Kier molecular flexibility index (Phi) is 3.06. The smallest absolute Gasteiger partial charge is 0.332 e. The minimum Gasteiger partial charge on any atom is -0.480 e. The van der Waals surface area contributed by atoms with Crippen molar-refractivity contribution in [3.05, 3.63) is 0 Å². The summed E-state index contributed by atoms with van der Waals surface area (Å²) in [6.07, 6.45) is 0. The summed E-state index contributed by atoms with van der Waals surface area (Å²) in [5.41, 5.74) is -2.50. The largest absolute Gasteiger partial charge is 0.480 e. The molecule has 0 amide bonds. The highest BCUT2D eigenvalue weighted by molar-refractivity contribution is 6.35. The summed E-state index contributed by atoms with van der Waals surface area (Å²) >= 11 is 0. The first-order valence-electron chi connectivity index (χ1n) is 3.54. The maximum absolute atomic E-state index is 11.0. The highest BCUT2D eigenvalue weighted by atomic mass is 16.4. The Morgan fingerprint density at radius 3 is 1.08 bits per heavy atom. The second-order valence-corrected chi connectivity index (χ2v) is 2.72. The van der Waals surface area contributed by atoms with Gasteiger partial charge in [0, 0.05) is 0 Å². The van der Waals surface area contributed by atoms with Crippen LogP contribution in [0.2, 0.25) is 0 Å². The molecule has 0 unspecified atom stereocenters. The second kappa shape index (κ2) is 3.47. The molecule has 13 heavy (non-hydrogen) atoms. The topological polar surface area (TPSA) is 88.5 Å². The third kappa shape index (κ3) is 1.49. The standard InChI is InChI=1S/C8H10O5/c1-4(9)8(5(2)10,6(3)11)7(12)13/h1-3H3,(H,12,13). The van der Waals surface area contributed by atoms with Gasteiger partial charge in [-0.3, -0.25) is 19.2 Å². The fourth-order valence-corrected chi connectivity index (χ4v) is 1.20. The van der Waals surface area contributed by atoms with Gasteiger partial charge in [-0.25, -0.2) is 0 Å². The van der Waals surface area contributed by atoms with Crippen molar-refractivity contribution in [1.82, 2.24) is 0 Å². The molecule has 1 N–H and O–H groups in total. The maximum atomic E-state index is 11.0. The number of hydrogen-bond donors (Lipinski definition) is 1. The summed E-state index contributed by atoms with van der Waals surface area (Å²) in [5, 5.41) is 8.67. The van der Waals surface area contributed by atoms with Gasteiger partial charge < -0.3 is 5.11 Å². The lowest BCUT2D eigenvalue weighted by Crippen LogP contribution is -2.49. The van der Waals surface area contributed by atoms with Gasteiger partial charge >= 0.3 is 5.97 Å². The molecule has 0 rings (SSSR count). The van der Waals surface area contributed by atoms with E-state index in [0.29, 0.717) is 0 Å². The van der Waals surface area contributed by atoms with Crippen LogP contribution in [-0.4, -0.2) is 28.4 Å². The number of hydrogen-bond acceptors (Lipinski definition) is 4. The number of ketones is 3. The molecular formula is C8H10O5. The molecule has 0 aromatic rings. The molecule has 0 spiro atoms. The normalized spacial score (nSPS) is 10.7. The van der Waals surface area contributed by atoms with Crippen LogP contribution >= 0.6 is 0 Å². The summed E-state index contributed by atoms with van der Waals surface area (Å²) < 4.78 is 0. The number of carboxylic acid groups (broad SMARTS) is 1. The molecule has 0 radical (unpaired) electrons. The van der Waals surface area contributed by atoms with E-state index in [1.807, 2.05) is 0 Å². The van der Waals surface area contributed by atoms with Gasteiger partial charge in [-0.2, -0.15) is 0 Å². The molecule has 0 fully saturated rings. The highest BCUT2D eigenvalue weighted by Crippen LogP contribution is 2.21. The van der Waals surface area contributed by atoms with Gasteiger partial charge in [-0.1, -0.05) is 0 Å². The van der Waals surface area contributed by atoms with Gasteiger partial charge in [0.1, 0.15) is 0 Å². The average Bonchev–Trinajstić information content (AvgIpc) is 1.82. The molecule has 5 nitrogen and oxygen atoms in total. The predicted molar refractivity (Wildman–Crippen MR) is 42.1 cm³/mol. The van der Waals surface area contributed by atoms with Crippen molar-refractivity contribution in [1.29, 1.82) is 0 Å². The molecule has 0 atom stereocenters. The van der Waals surface area contributed by atoms with E-state index in [9.17, 15) is 19.2 Å². The van der Waals surface area contributed by atoms with E-state index in [1.54, 1.807) is 0 Å². The van der Waals surface area contributed by atoms with E-state index in [4.69, 9.17) is 5.11 Å². The molecule has 0 saturated carbocycles. The third-order valence-corrected chi connectivity index (χ3v) is 1.91. The lowest BCUT2D eigenvalue weighted by molar-refractivity contribution is -0.162. The number of carbonyl (C=O) groups excluding carboxylic acids is 3. The summed E-state index contributed by atoms with van der Waals surface area (Å²) in [6, 6.07) is 0. The van der Waals surface area contributed by atoms with Crippen molar-refractivity contribution in [2.45, 2.75) is 20.8 Å². The van der Waals surface area contributed by atoms with Crippen LogP contribution in [-0.2, 0) is 19.2 Å². The van der Waals surface area contributed by atoms with Crippen molar-refractivity contribution in [3.8, 4) is 0 Å². The van der Waals surface area contributed by atoms with Crippen molar-refractivity contribution < 1.29 is 24.3 Å². The summed E-state index contributed by atoms with van der Waals surface area (Å²) in [4.78, 5) is 43.6. The first kappa shape index (κ1) is 11.5. The second-order valence-electron chi connectivity index (χ2n) is 2.72. The van der Waals surface area contributed by atoms with E-state index in [1.165, 1.54) is 0 Å². The first-order valence-corrected chi connectivity index (χ1v) is 3.54. The van der Waals surface area contributed by atoms with Crippen LogP contribution in [0.3, 0.4) is 0 Å². The monoisotopic (exact) mass is 186 g/mol. The summed E-state index contributed by atoms with van der Waals surface area (Å²) in [7, 11) is 0. The minimum absolute atomic E-state index is 0.914. The van der Waals surface area contributed by atoms with Crippen molar-refractivity contribution in [2.24, 2.45) is 5.41 Å². The van der Waals surface area contributed by atoms with Gasteiger partial charge in [0.25, 0.3) is 0 Å². The Morgan fingerprint density at radius 1 is 0.846 bits per heavy atom. The quantitative estimate of drug-likeness (QED) is 0.615. The average molecular weight is 186 g/mol. The molecule has 0 aliphatic rings. The summed E-state index contributed by atoms with van der Waals surface area (Å²) in [6.45, 7) is 2.74. The SMILES string of the molecule is CC(=O)C(C(C)=O)(C(C)=O)C(=O)O. The lowest BCUT2D eigenvalue weighted by Gasteiger charge is -2.19. The zero-order chi connectivity index (χ0) is 10.8. The van der Waals surface area contributed by atoms with Crippen LogP contribution in [0, 0.1) is 5.41 Å². The molecule has 72 valence electrons. The van der Waals surface area contributed by atoms with Crippen LogP contribution < -0.4 is 0 Å². The molecule has 5 heteroatoms. The van der Waals surface area contributed by atoms with Crippen LogP contribution in [0.5, 0.6) is 0 Å². The number of carboxylic acids is 1. The van der Waals surface area contributed by atoms with E-state index >= 15 is 0 Å². The lowest BCUT2D eigenvalue weighted by atomic mass is 9.77. The first-order chi connectivity index (χ1) is 5.77. The molecule has 0 aromatic heterocycles. The fraction of sp³-hybridized carbons (Fsp3) is 0.500. The Balaban J connectivity index is 5.60. The van der Waals surface area contributed by atoms with E-state index in [2.05, 4.69) is 0 Å². The van der Waals surface area contributed by atoms with Crippen molar-refractivity contribution in [3.63, 3.8) is 0 Å². The number of rotatable bonds is 4. The Bertz CT molecular complexity index is 227. The van der Waals surface area contributed by atoms with E-state index < -0.39 is 28.7 Å². The van der Waals surface area contributed by atoms with Gasteiger partial charge in [-0.15, -0.1) is 0 Å². The maximum Gasteiger partial charge on any atom is 0.332 e. The van der Waals surface area contributed by atoms with E-state index in [-0.39, 0.29) is 0 Å². The number of carbonyl (C=O) groups is 4. The fourth-order valence-electron chi connectivity index (χ4n) is 1.20. The molecule has 0 aliphatic carbocycles. The Labute approximate surface area is 74.7 Å². The van der Waals surface area contributed by atoms with Crippen LogP contribution in [0.15, 0.2) is 0 Å². The minimum atomic E-state index is -2.50. The van der Waals surface area contributed by atoms with Crippen molar-refractivity contribution in [2.75, 3.05) is 0 Å². The van der Waals surface area contributed by atoms with Crippen LogP contribution in [0.4, 0.5) is 0 Å². The molecule has 0 aliphatic heterocycles. The van der Waals surface area contributed by atoms with Gasteiger partial charge in [-0.05, 0) is 20.8 Å². The highest BCUT2D eigenvalue weighted by Gasteiger charge is 2.52.